The fourth-order valence-corrected chi connectivity index (χ4v) is 2.75. The van der Waals surface area contributed by atoms with E-state index in [1.54, 1.807) is 0 Å². The molecule has 0 heterocycles. The zero-order valence-corrected chi connectivity index (χ0v) is 12.4. The van der Waals surface area contributed by atoms with Crippen LogP contribution in [0.4, 0.5) is 0 Å². The molecule has 0 aliphatic rings. The zero-order valence-electron chi connectivity index (χ0n) is 12.4. The van der Waals surface area contributed by atoms with Crippen LogP contribution in [0.1, 0.15) is 27.8 Å². The summed E-state index contributed by atoms with van der Waals surface area (Å²) in [4.78, 5) is 0. The van der Waals surface area contributed by atoms with Gasteiger partial charge in [0.1, 0.15) is 0 Å². The molecule has 0 spiro atoms. The second kappa shape index (κ2) is 6.41. The zero-order chi connectivity index (χ0) is 14.5. The predicted molar refractivity (Wildman–Crippen MR) is 89.7 cm³/mol. The molecule has 0 amide bonds. The molecule has 0 N–H and O–H groups in total. The average Bonchev–Trinajstić information content (AvgIpc) is 2.53. The van der Waals surface area contributed by atoms with Crippen LogP contribution in [-0.2, 0) is 12.8 Å². The number of hydrogen-bond donors (Lipinski definition) is 0. The van der Waals surface area contributed by atoms with Crippen LogP contribution < -0.4 is 0 Å². The van der Waals surface area contributed by atoms with E-state index in [-0.39, 0.29) is 0 Å². The molecule has 104 valence electrons. The van der Waals surface area contributed by atoms with E-state index < -0.39 is 0 Å². The molecule has 0 aliphatic carbocycles. The van der Waals surface area contributed by atoms with Crippen LogP contribution in [0.15, 0.2) is 78.9 Å². The van der Waals surface area contributed by atoms with Crippen molar-refractivity contribution in [3.8, 4) is 0 Å². The van der Waals surface area contributed by atoms with Crippen molar-refractivity contribution >= 4 is 0 Å². The van der Waals surface area contributed by atoms with E-state index in [1.807, 2.05) is 0 Å². The second-order valence-electron chi connectivity index (χ2n) is 5.53. The normalized spacial score (nSPS) is 10.5. The van der Waals surface area contributed by atoms with Crippen LogP contribution in [0.5, 0.6) is 0 Å². The minimum Gasteiger partial charge on any atom is -0.0622 e. The summed E-state index contributed by atoms with van der Waals surface area (Å²) in [6, 6.07) is 28.1. The molecule has 0 radical (unpaired) electrons. The molecular formula is C21H20. The molecule has 3 aromatic rings. The molecule has 0 saturated carbocycles. The van der Waals surface area contributed by atoms with Crippen molar-refractivity contribution in [2.75, 3.05) is 0 Å². The first-order valence-corrected chi connectivity index (χ1v) is 7.48. The van der Waals surface area contributed by atoms with Crippen molar-refractivity contribution in [3.63, 3.8) is 0 Å². The van der Waals surface area contributed by atoms with Gasteiger partial charge in [0.15, 0.2) is 0 Å². The third-order valence-electron chi connectivity index (χ3n) is 4.03. The van der Waals surface area contributed by atoms with Crippen molar-refractivity contribution < 1.29 is 0 Å². The Morgan fingerprint density at radius 1 is 0.524 bits per heavy atom. The van der Waals surface area contributed by atoms with E-state index in [4.69, 9.17) is 0 Å². The van der Waals surface area contributed by atoms with Crippen LogP contribution in [0, 0.1) is 6.92 Å². The second-order valence-corrected chi connectivity index (χ2v) is 5.53. The quantitative estimate of drug-likeness (QED) is 0.614. The Hall–Kier alpha value is -2.34. The molecule has 0 atom stereocenters. The Balaban J connectivity index is 1.85. The van der Waals surface area contributed by atoms with Gasteiger partial charge < -0.3 is 0 Å². The van der Waals surface area contributed by atoms with Gasteiger partial charge in [0, 0.05) is 0 Å². The first kappa shape index (κ1) is 13.6. The molecule has 0 bridgehead atoms. The van der Waals surface area contributed by atoms with Crippen LogP contribution in [-0.4, -0.2) is 0 Å². The van der Waals surface area contributed by atoms with Gasteiger partial charge in [-0.2, -0.15) is 0 Å². The fourth-order valence-electron chi connectivity index (χ4n) is 2.75. The van der Waals surface area contributed by atoms with E-state index in [0.717, 1.165) is 12.8 Å². The molecule has 0 nitrogen and oxygen atoms in total. The van der Waals surface area contributed by atoms with Gasteiger partial charge >= 0.3 is 0 Å². The van der Waals surface area contributed by atoms with Crippen molar-refractivity contribution in [1.29, 1.82) is 0 Å². The Morgan fingerprint density at radius 3 is 1.38 bits per heavy atom. The van der Waals surface area contributed by atoms with Crippen molar-refractivity contribution in [3.05, 3.63) is 107 Å². The number of hydrogen-bond acceptors (Lipinski definition) is 0. The van der Waals surface area contributed by atoms with E-state index >= 15 is 0 Å². The van der Waals surface area contributed by atoms with Gasteiger partial charge in [-0.1, -0.05) is 78.9 Å². The Morgan fingerprint density at radius 2 is 0.952 bits per heavy atom. The summed E-state index contributed by atoms with van der Waals surface area (Å²) < 4.78 is 0. The van der Waals surface area contributed by atoms with Crippen LogP contribution in [0.2, 0.25) is 0 Å². The molecular weight excluding hydrogens is 252 g/mol. The Kier molecular flexibility index (Phi) is 4.16. The highest BCUT2D eigenvalue weighted by Crippen LogP contribution is 2.20. The lowest BCUT2D eigenvalue weighted by Gasteiger charge is -2.12. The molecule has 0 heteroatoms. The topological polar surface area (TPSA) is 0 Å². The molecule has 3 aromatic carbocycles. The lowest BCUT2D eigenvalue weighted by atomic mass is 9.93. The lowest BCUT2D eigenvalue weighted by Crippen LogP contribution is -1.98. The maximum atomic E-state index is 2.25. The summed E-state index contributed by atoms with van der Waals surface area (Å²) in [7, 11) is 0. The highest BCUT2D eigenvalue weighted by molar-refractivity contribution is 5.40. The summed E-state index contributed by atoms with van der Waals surface area (Å²) >= 11 is 0. The van der Waals surface area contributed by atoms with Crippen molar-refractivity contribution in [2.45, 2.75) is 19.8 Å². The maximum absolute atomic E-state index is 2.25. The predicted octanol–water partition coefficient (Wildman–Crippen LogP) is 5.18. The molecule has 0 unspecified atom stereocenters. The van der Waals surface area contributed by atoms with E-state index in [1.165, 1.54) is 27.8 Å². The third kappa shape index (κ3) is 3.41. The Bertz CT molecular complexity index is 637. The molecule has 0 aliphatic heterocycles. The maximum Gasteiger partial charge on any atom is -0.00230 e. The van der Waals surface area contributed by atoms with Gasteiger partial charge in [-0.15, -0.1) is 0 Å². The molecule has 21 heavy (non-hydrogen) atoms. The summed E-state index contributed by atoms with van der Waals surface area (Å²) in [6.07, 6.45) is 2.02. The summed E-state index contributed by atoms with van der Waals surface area (Å²) in [5.41, 5.74) is 7.02. The minimum atomic E-state index is 1.01. The van der Waals surface area contributed by atoms with E-state index in [2.05, 4.69) is 85.8 Å². The Labute approximate surface area is 127 Å². The van der Waals surface area contributed by atoms with Gasteiger partial charge in [-0.25, -0.2) is 0 Å². The highest BCUT2D eigenvalue weighted by Gasteiger charge is 2.05. The molecule has 3 rings (SSSR count). The molecule has 0 saturated heterocycles. The molecule has 0 fully saturated rings. The van der Waals surface area contributed by atoms with Gasteiger partial charge in [-0.3, -0.25) is 0 Å². The van der Waals surface area contributed by atoms with Crippen molar-refractivity contribution in [2.24, 2.45) is 0 Å². The van der Waals surface area contributed by atoms with Crippen LogP contribution in [0.25, 0.3) is 0 Å². The number of rotatable bonds is 4. The van der Waals surface area contributed by atoms with Gasteiger partial charge in [0.2, 0.25) is 0 Å². The standard InChI is InChI=1S/C21H20/c1-17-20(15-18-9-4-2-5-10-18)13-8-14-21(17)16-19-11-6-3-7-12-19/h2-14H,15-16H2,1H3. The van der Waals surface area contributed by atoms with Gasteiger partial charge in [0.05, 0.1) is 0 Å². The van der Waals surface area contributed by atoms with Gasteiger partial charge in [0.25, 0.3) is 0 Å². The summed E-state index contributed by atoms with van der Waals surface area (Å²) in [5, 5.41) is 0. The average molecular weight is 272 g/mol. The van der Waals surface area contributed by atoms with E-state index in [0.29, 0.717) is 0 Å². The summed E-state index contributed by atoms with van der Waals surface area (Å²) in [6.45, 7) is 2.25. The SMILES string of the molecule is Cc1c(Cc2ccccc2)cccc1Cc1ccccc1. The highest BCUT2D eigenvalue weighted by atomic mass is 14.1. The fraction of sp³-hybridized carbons (Fsp3) is 0.143. The van der Waals surface area contributed by atoms with E-state index in [9.17, 15) is 0 Å². The minimum absolute atomic E-state index is 1.01. The van der Waals surface area contributed by atoms with Crippen molar-refractivity contribution in [1.82, 2.24) is 0 Å². The first-order valence-electron chi connectivity index (χ1n) is 7.48. The lowest BCUT2D eigenvalue weighted by molar-refractivity contribution is 1.09. The smallest absolute Gasteiger partial charge is 0.00230 e. The van der Waals surface area contributed by atoms with Gasteiger partial charge in [-0.05, 0) is 47.6 Å². The first-order chi connectivity index (χ1) is 10.3. The largest absolute Gasteiger partial charge is 0.0622 e. The van der Waals surface area contributed by atoms with Crippen LogP contribution in [0.3, 0.4) is 0 Å². The molecule has 0 aromatic heterocycles. The number of benzene rings is 3. The third-order valence-corrected chi connectivity index (χ3v) is 4.03. The monoisotopic (exact) mass is 272 g/mol. The summed E-state index contributed by atoms with van der Waals surface area (Å²) in [5.74, 6) is 0. The van der Waals surface area contributed by atoms with Crippen LogP contribution >= 0.6 is 0 Å².